The summed E-state index contributed by atoms with van der Waals surface area (Å²) in [6, 6.07) is 3.54. The van der Waals surface area contributed by atoms with Crippen LogP contribution in [-0.4, -0.2) is 64.4 Å². The predicted octanol–water partition coefficient (Wildman–Crippen LogP) is 2.15. The standard InChI is InChI=1S/C17H25IN2O4/c1-22-15-11-13(14(18)12-16(15)23-2)17(21)19-5-3-4-6-20-7-9-24-10-8-20/h11-12H,3-10H2,1-2H3,(H,19,21). The molecule has 1 aliphatic heterocycles. The number of hydrogen-bond acceptors (Lipinski definition) is 5. The highest BCUT2D eigenvalue weighted by Gasteiger charge is 2.15. The highest BCUT2D eigenvalue weighted by atomic mass is 127. The third-order valence-corrected chi connectivity index (χ3v) is 4.90. The third kappa shape index (κ3) is 5.49. The second-order valence-electron chi connectivity index (χ2n) is 5.60. The number of halogens is 1. The van der Waals surface area contributed by atoms with Gasteiger partial charge in [0.05, 0.1) is 33.0 Å². The van der Waals surface area contributed by atoms with Crippen LogP contribution in [0, 0.1) is 3.57 Å². The molecule has 1 aromatic carbocycles. The van der Waals surface area contributed by atoms with E-state index in [0.717, 1.165) is 49.3 Å². The Hall–Kier alpha value is -1.06. The summed E-state index contributed by atoms with van der Waals surface area (Å²) in [7, 11) is 3.15. The van der Waals surface area contributed by atoms with Crippen LogP contribution < -0.4 is 14.8 Å². The van der Waals surface area contributed by atoms with Crippen LogP contribution in [0.25, 0.3) is 0 Å². The number of carbonyl (C=O) groups is 1. The molecular formula is C17H25IN2O4. The third-order valence-electron chi connectivity index (χ3n) is 4.01. The van der Waals surface area contributed by atoms with Gasteiger partial charge in [0.2, 0.25) is 0 Å². The van der Waals surface area contributed by atoms with Gasteiger partial charge < -0.3 is 19.5 Å². The van der Waals surface area contributed by atoms with E-state index < -0.39 is 0 Å². The van der Waals surface area contributed by atoms with Gasteiger partial charge in [0, 0.05) is 23.2 Å². The Balaban J connectivity index is 1.77. The molecule has 24 heavy (non-hydrogen) atoms. The van der Waals surface area contributed by atoms with Gasteiger partial charge in [0.1, 0.15) is 0 Å². The Bertz CT molecular complexity index is 548. The van der Waals surface area contributed by atoms with Crippen LogP contribution in [0.5, 0.6) is 11.5 Å². The van der Waals surface area contributed by atoms with E-state index in [4.69, 9.17) is 14.2 Å². The lowest BCUT2D eigenvalue weighted by molar-refractivity contribution is 0.0372. The lowest BCUT2D eigenvalue weighted by atomic mass is 10.2. The molecule has 2 rings (SSSR count). The second kappa shape index (κ2) is 10.0. The number of rotatable bonds is 8. The normalized spacial score (nSPS) is 15.1. The van der Waals surface area contributed by atoms with Crippen molar-refractivity contribution < 1.29 is 19.0 Å². The van der Waals surface area contributed by atoms with Gasteiger partial charge >= 0.3 is 0 Å². The zero-order chi connectivity index (χ0) is 17.4. The van der Waals surface area contributed by atoms with Crippen LogP contribution >= 0.6 is 22.6 Å². The molecule has 7 heteroatoms. The van der Waals surface area contributed by atoms with Crippen LogP contribution in [0.2, 0.25) is 0 Å². The molecule has 0 spiro atoms. The largest absolute Gasteiger partial charge is 0.493 e. The van der Waals surface area contributed by atoms with Crippen LogP contribution in [0.4, 0.5) is 0 Å². The maximum absolute atomic E-state index is 12.4. The molecule has 1 heterocycles. The van der Waals surface area contributed by atoms with Gasteiger partial charge in [-0.1, -0.05) is 0 Å². The molecule has 0 atom stereocenters. The van der Waals surface area contributed by atoms with E-state index in [9.17, 15) is 4.79 Å². The first-order chi connectivity index (χ1) is 11.7. The number of ether oxygens (including phenoxy) is 3. The smallest absolute Gasteiger partial charge is 0.252 e. The number of carbonyl (C=O) groups excluding carboxylic acids is 1. The Morgan fingerprint density at radius 2 is 1.88 bits per heavy atom. The van der Waals surface area contributed by atoms with Crippen LogP contribution in [-0.2, 0) is 4.74 Å². The van der Waals surface area contributed by atoms with Gasteiger partial charge in [-0.05, 0) is 54.1 Å². The summed E-state index contributed by atoms with van der Waals surface area (Å²) in [5.41, 5.74) is 0.612. The SMILES string of the molecule is COc1cc(I)c(C(=O)NCCCCN2CCOCC2)cc1OC. The van der Waals surface area contributed by atoms with E-state index in [0.29, 0.717) is 23.6 Å². The first-order valence-corrected chi connectivity index (χ1v) is 9.23. The Morgan fingerprint density at radius 1 is 1.21 bits per heavy atom. The quantitative estimate of drug-likeness (QED) is 0.488. The lowest BCUT2D eigenvalue weighted by Crippen LogP contribution is -2.37. The van der Waals surface area contributed by atoms with Gasteiger partial charge in [0.15, 0.2) is 11.5 Å². The summed E-state index contributed by atoms with van der Waals surface area (Å²) in [5, 5.41) is 2.98. The fourth-order valence-electron chi connectivity index (χ4n) is 2.61. The molecule has 1 N–H and O–H groups in total. The number of nitrogens with zero attached hydrogens (tertiary/aromatic N) is 1. The highest BCUT2D eigenvalue weighted by molar-refractivity contribution is 14.1. The Labute approximate surface area is 157 Å². The Morgan fingerprint density at radius 3 is 2.54 bits per heavy atom. The van der Waals surface area contributed by atoms with Crippen molar-refractivity contribution in [1.29, 1.82) is 0 Å². The number of amides is 1. The summed E-state index contributed by atoms with van der Waals surface area (Å²) >= 11 is 2.14. The maximum atomic E-state index is 12.4. The minimum atomic E-state index is -0.0771. The number of morpholine rings is 1. The predicted molar refractivity (Wildman–Crippen MR) is 101 cm³/mol. The fourth-order valence-corrected chi connectivity index (χ4v) is 3.29. The van der Waals surface area contributed by atoms with E-state index in [-0.39, 0.29) is 5.91 Å². The number of hydrogen-bond donors (Lipinski definition) is 1. The van der Waals surface area contributed by atoms with Crippen LogP contribution in [0.1, 0.15) is 23.2 Å². The van der Waals surface area contributed by atoms with Gasteiger partial charge in [0.25, 0.3) is 5.91 Å². The minimum Gasteiger partial charge on any atom is -0.493 e. The average molecular weight is 448 g/mol. The molecule has 0 bridgehead atoms. The molecule has 0 aromatic heterocycles. The number of unbranched alkanes of at least 4 members (excludes halogenated alkanes) is 1. The van der Waals surface area contributed by atoms with E-state index in [1.54, 1.807) is 20.3 Å². The van der Waals surface area contributed by atoms with Crippen LogP contribution in [0.15, 0.2) is 12.1 Å². The van der Waals surface area contributed by atoms with Crippen molar-refractivity contribution in [1.82, 2.24) is 10.2 Å². The molecular weight excluding hydrogens is 423 g/mol. The van der Waals surface area contributed by atoms with E-state index >= 15 is 0 Å². The number of methoxy groups -OCH3 is 2. The molecule has 1 amide bonds. The van der Waals surface area contributed by atoms with Crippen molar-refractivity contribution in [3.8, 4) is 11.5 Å². The van der Waals surface area contributed by atoms with Crippen molar-refractivity contribution >= 4 is 28.5 Å². The van der Waals surface area contributed by atoms with Crippen LogP contribution in [0.3, 0.4) is 0 Å². The first-order valence-electron chi connectivity index (χ1n) is 8.15. The summed E-state index contributed by atoms with van der Waals surface area (Å²) < 4.78 is 16.7. The zero-order valence-electron chi connectivity index (χ0n) is 14.3. The second-order valence-corrected chi connectivity index (χ2v) is 6.77. The number of benzene rings is 1. The van der Waals surface area contributed by atoms with Crippen molar-refractivity contribution in [3.63, 3.8) is 0 Å². The Kier molecular flexibility index (Phi) is 8.07. The molecule has 0 unspecified atom stereocenters. The molecule has 0 radical (unpaired) electrons. The summed E-state index contributed by atoms with van der Waals surface area (Å²) in [6.45, 7) is 5.41. The molecule has 1 saturated heterocycles. The van der Waals surface area contributed by atoms with Crippen molar-refractivity contribution in [2.24, 2.45) is 0 Å². The summed E-state index contributed by atoms with van der Waals surface area (Å²) in [6.07, 6.45) is 2.04. The molecule has 1 aromatic rings. The van der Waals surface area contributed by atoms with Gasteiger partial charge in [-0.2, -0.15) is 0 Å². The topological polar surface area (TPSA) is 60.0 Å². The van der Waals surface area contributed by atoms with E-state index in [1.165, 1.54) is 0 Å². The maximum Gasteiger partial charge on any atom is 0.252 e. The molecule has 0 saturated carbocycles. The van der Waals surface area contributed by atoms with Gasteiger partial charge in [-0.3, -0.25) is 9.69 Å². The molecule has 0 aliphatic carbocycles. The van der Waals surface area contributed by atoms with Crippen molar-refractivity contribution in [2.45, 2.75) is 12.8 Å². The highest BCUT2D eigenvalue weighted by Crippen LogP contribution is 2.31. The molecule has 1 fully saturated rings. The fraction of sp³-hybridized carbons (Fsp3) is 0.588. The van der Waals surface area contributed by atoms with Crippen molar-refractivity contribution in [3.05, 3.63) is 21.3 Å². The summed E-state index contributed by atoms with van der Waals surface area (Å²) in [5.74, 6) is 1.12. The average Bonchev–Trinajstić information content (AvgIpc) is 2.61. The van der Waals surface area contributed by atoms with Gasteiger partial charge in [-0.15, -0.1) is 0 Å². The molecule has 6 nitrogen and oxygen atoms in total. The monoisotopic (exact) mass is 448 g/mol. The van der Waals surface area contributed by atoms with Crippen molar-refractivity contribution in [2.75, 3.05) is 53.6 Å². The van der Waals surface area contributed by atoms with E-state index in [1.807, 2.05) is 6.07 Å². The molecule has 134 valence electrons. The molecule has 1 aliphatic rings. The first kappa shape index (κ1) is 19.3. The summed E-state index contributed by atoms with van der Waals surface area (Å²) in [4.78, 5) is 14.8. The zero-order valence-corrected chi connectivity index (χ0v) is 16.4. The van der Waals surface area contributed by atoms with Gasteiger partial charge in [-0.25, -0.2) is 0 Å². The lowest BCUT2D eigenvalue weighted by Gasteiger charge is -2.26. The van der Waals surface area contributed by atoms with E-state index in [2.05, 4.69) is 32.8 Å². The minimum absolute atomic E-state index is 0.0771. The number of nitrogens with one attached hydrogen (secondary N) is 1.